The maximum absolute atomic E-state index is 5.81. The number of ether oxygens (including phenoxy) is 2. The van der Waals surface area contributed by atoms with Crippen molar-refractivity contribution < 1.29 is 9.47 Å². The van der Waals surface area contributed by atoms with Crippen LogP contribution in [0.3, 0.4) is 0 Å². The Kier molecular flexibility index (Phi) is 4.14. The number of nitrogen functional groups attached to an aromatic ring is 1. The summed E-state index contributed by atoms with van der Waals surface area (Å²) >= 11 is 0. The number of pyridine rings is 1. The number of imidazole rings is 1. The fourth-order valence-corrected chi connectivity index (χ4v) is 2.22. The van der Waals surface area contributed by atoms with Gasteiger partial charge in [-0.1, -0.05) is 0 Å². The van der Waals surface area contributed by atoms with E-state index in [4.69, 9.17) is 15.2 Å². The molecule has 0 radical (unpaired) electrons. The minimum atomic E-state index is 0.584. The molecule has 0 saturated heterocycles. The second-order valence-corrected chi connectivity index (χ2v) is 5.11. The number of hydrogen-bond donors (Lipinski definition) is 1. The van der Waals surface area contributed by atoms with E-state index < -0.39 is 0 Å². The monoisotopic (exact) mass is 297 g/mol. The highest BCUT2D eigenvalue weighted by atomic mass is 16.5. The van der Waals surface area contributed by atoms with E-state index in [2.05, 4.69) is 4.98 Å². The molecule has 2 heterocycles. The summed E-state index contributed by atoms with van der Waals surface area (Å²) in [5.41, 5.74) is 8.19. The number of aromatic nitrogens is 2. The van der Waals surface area contributed by atoms with Gasteiger partial charge in [-0.15, -0.1) is 0 Å². The standard InChI is InChI=1S/C17H19N3O2/c1-13-12-20-9-2-4-16(17(20)19-13)22-11-3-10-21-15-7-5-14(18)6-8-15/h2,4-9,12H,3,10-11,18H2,1H3. The average Bonchev–Trinajstić information content (AvgIpc) is 2.90. The van der Waals surface area contributed by atoms with Crippen molar-refractivity contribution in [2.75, 3.05) is 18.9 Å². The highest BCUT2D eigenvalue weighted by Crippen LogP contribution is 2.19. The van der Waals surface area contributed by atoms with Crippen LogP contribution in [0.15, 0.2) is 48.8 Å². The fraction of sp³-hybridized carbons (Fsp3) is 0.235. The lowest BCUT2D eigenvalue weighted by Gasteiger charge is -2.09. The molecule has 0 amide bonds. The summed E-state index contributed by atoms with van der Waals surface area (Å²) in [6.07, 6.45) is 4.74. The average molecular weight is 297 g/mol. The summed E-state index contributed by atoms with van der Waals surface area (Å²) in [5.74, 6) is 1.61. The van der Waals surface area contributed by atoms with Crippen LogP contribution < -0.4 is 15.2 Å². The molecule has 3 aromatic rings. The topological polar surface area (TPSA) is 61.8 Å². The fourth-order valence-electron chi connectivity index (χ4n) is 2.22. The number of nitrogens with two attached hydrogens (primary N) is 1. The molecular weight excluding hydrogens is 278 g/mol. The Hall–Kier alpha value is -2.69. The van der Waals surface area contributed by atoms with E-state index in [-0.39, 0.29) is 0 Å². The maximum Gasteiger partial charge on any atom is 0.179 e. The first-order valence-corrected chi connectivity index (χ1v) is 7.28. The van der Waals surface area contributed by atoms with Gasteiger partial charge in [-0.05, 0) is 43.3 Å². The van der Waals surface area contributed by atoms with Crippen LogP contribution in [-0.2, 0) is 0 Å². The molecule has 5 heteroatoms. The normalized spacial score (nSPS) is 10.8. The van der Waals surface area contributed by atoms with Gasteiger partial charge in [-0.2, -0.15) is 0 Å². The predicted molar refractivity (Wildman–Crippen MR) is 86.4 cm³/mol. The first-order valence-electron chi connectivity index (χ1n) is 7.28. The van der Waals surface area contributed by atoms with Gasteiger partial charge in [0.15, 0.2) is 11.4 Å². The molecule has 3 rings (SSSR count). The van der Waals surface area contributed by atoms with E-state index in [1.165, 1.54) is 0 Å². The summed E-state index contributed by atoms with van der Waals surface area (Å²) in [4.78, 5) is 4.46. The highest BCUT2D eigenvalue weighted by Gasteiger charge is 2.05. The molecule has 0 spiro atoms. The number of hydrogen-bond acceptors (Lipinski definition) is 4. The van der Waals surface area contributed by atoms with Gasteiger partial charge in [-0.25, -0.2) is 4.98 Å². The maximum atomic E-state index is 5.81. The predicted octanol–water partition coefficient (Wildman–Crippen LogP) is 3.07. The van der Waals surface area contributed by atoms with Crippen molar-refractivity contribution in [2.24, 2.45) is 0 Å². The molecule has 0 aliphatic carbocycles. The van der Waals surface area contributed by atoms with Crippen molar-refractivity contribution >= 4 is 11.3 Å². The second-order valence-electron chi connectivity index (χ2n) is 5.11. The van der Waals surface area contributed by atoms with Crippen molar-refractivity contribution in [3.05, 3.63) is 54.5 Å². The number of rotatable bonds is 6. The van der Waals surface area contributed by atoms with Crippen LogP contribution in [0.4, 0.5) is 5.69 Å². The van der Waals surface area contributed by atoms with Crippen LogP contribution >= 0.6 is 0 Å². The van der Waals surface area contributed by atoms with Crippen molar-refractivity contribution in [3.63, 3.8) is 0 Å². The zero-order valence-corrected chi connectivity index (χ0v) is 12.5. The molecule has 0 fully saturated rings. The zero-order chi connectivity index (χ0) is 15.4. The molecule has 0 unspecified atom stereocenters. The first-order chi connectivity index (χ1) is 10.7. The van der Waals surface area contributed by atoms with Gasteiger partial charge in [0.25, 0.3) is 0 Å². The Balaban J connectivity index is 1.49. The van der Waals surface area contributed by atoms with Gasteiger partial charge in [-0.3, -0.25) is 0 Å². The second kappa shape index (κ2) is 6.39. The Bertz CT molecular complexity index is 750. The lowest BCUT2D eigenvalue weighted by atomic mass is 10.3. The van der Waals surface area contributed by atoms with Crippen LogP contribution in [0.5, 0.6) is 11.5 Å². The van der Waals surface area contributed by atoms with Gasteiger partial charge in [0.1, 0.15) is 5.75 Å². The lowest BCUT2D eigenvalue weighted by Crippen LogP contribution is -2.05. The van der Waals surface area contributed by atoms with Crippen molar-refractivity contribution in [1.82, 2.24) is 9.38 Å². The number of nitrogens with zero attached hydrogens (tertiary/aromatic N) is 2. The van der Waals surface area contributed by atoms with E-state index in [1.54, 1.807) is 0 Å². The number of aryl methyl sites for hydroxylation is 1. The Morgan fingerprint density at radius 2 is 1.86 bits per heavy atom. The first kappa shape index (κ1) is 14.3. The smallest absolute Gasteiger partial charge is 0.179 e. The van der Waals surface area contributed by atoms with E-state index in [0.717, 1.165) is 34.9 Å². The minimum absolute atomic E-state index is 0.584. The van der Waals surface area contributed by atoms with Crippen molar-refractivity contribution in [3.8, 4) is 11.5 Å². The number of fused-ring (bicyclic) bond motifs is 1. The molecule has 1 aromatic carbocycles. The molecule has 0 aliphatic heterocycles. The van der Waals surface area contributed by atoms with Gasteiger partial charge in [0, 0.05) is 24.5 Å². The molecule has 22 heavy (non-hydrogen) atoms. The van der Waals surface area contributed by atoms with Crippen LogP contribution in [0, 0.1) is 6.92 Å². The van der Waals surface area contributed by atoms with Gasteiger partial charge in [0.2, 0.25) is 0 Å². The van der Waals surface area contributed by atoms with Crippen molar-refractivity contribution in [1.29, 1.82) is 0 Å². The van der Waals surface area contributed by atoms with E-state index >= 15 is 0 Å². The SMILES string of the molecule is Cc1cn2cccc(OCCCOc3ccc(N)cc3)c2n1. The van der Waals surface area contributed by atoms with E-state index in [0.29, 0.717) is 13.2 Å². The zero-order valence-electron chi connectivity index (χ0n) is 12.5. The molecule has 2 aromatic heterocycles. The molecule has 0 aliphatic rings. The molecular formula is C17H19N3O2. The number of anilines is 1. The third-order valence-corrected chi connectivity index (χ3v) is 3.26. The van der Waals surface area contributed by atoms with E-state index in [9.17, 15) is 0 Å². The van der Waals surface area contributed by atoms with E-state index in [1.807, 2.05) is 60.1 Å². The molecule has 114 valence electrons. The Labute approximate surface area is 129 Å². The van der Waals surface area contributed by atoms with Crippen LogP contribution in [-0.4, -0.2) is 22.6 Å². The largest absolute Gasteiger partial charge is 0.493 e. The molecule has 5 nitrogen and oxygen atoms in total. The van der Waals surface area contributed by atoms with Gasteiger partial charge in [0.05, 0.1) is 18.9 Å². The van der Waals surface area contributed by atoms with Gasteiger partial charge >= 0.3 is 0 Å². The molecule has 2 N–H and O–H groups in total. The summed E-state index contributed by atoms with van der Waals surface area (Å²) in [5, 5.41) is 0. The third-order valence-electron chi connectivity index (χ3n) is 3.26. The van der Waals surface area contributed by atoms with Crippen molar-refractivity contribution in [2.45, 2.75) is 13.3 Å². The van der Waals surface area contributed by atoms with Crippen LogP contribution in [0.25, 0.3) is 5.65 Å². The van der Waals surface area contributed by atoms with Gasteiger partial charge < -0.3 is 19.6 Å². The third kappa shape index (κ3) is 3.31. The summed E-state index contributed by atoms with van der Waals surface area (Å²) in [7, 11) is 0. The summed E-state index contributed by atoms with van der Waals surface area (Å²) in [6, 6.07) is 11.3. The molecule has 0 bridgehead atoms. The highest BCUT2D eigenvalue weighted by molar-refractivity contribution is 5.54. The molecule has 0 atom stereocenters. The summed E-state index contributed by atoms with van der Waals surface area (Å²) < 4.78 is 13.4. The summed E-state index contributed by atoms with van der Waals surface area (Å²) in [6.45, 7) is 3.15. The lowest BCUT2D eigenvalue weighted by molar-refractivity contribution is 0.248. The Morgan fingerprint density at radius 3 is 2.68 bits per heavy atom. The number of benzene rings is 1. The minimum Gasteiger partial charge on any atom is -0.493 e. The Morgan fingerprint density at radius 1 is 1.09 bits per heavy atom. The molecule has 0 saturated carbocycles. The quantitative estimate of drug-likeness (QED) is 0.561. The van der Waals surface area contributed by atoms with Crippen LogP contribution in [0.2, 0.25) is 0 Å². The van der Waals surface area contributed by atoms with Crippen LogP contribution in [0.1, 0.15) is 12.1 Å².